The number of hydrogen-bond donors (Lipinski definition) is 1. The van der Waals surface area contributed by atoms with E-state index in [-0.39, 0.29) is 17.9 Å². The van der Waals surface area contributed by atoms with Crippen molar-refractivity contribution in [1.82, 2.24) is 9.80 Å². The molecule has 0 radical (unpaired) electrons. The molecule has 1 fully saturated rings. The zero-order valence-electron chi connectivity index (χ0n) is 12.8. The Morgan fingerprint density at radius 2 is 1.84 bits per heavy atom. The van der Waals surface area contributed by atoms with Gasteiger partial charge in [0.15, 0.2) is 0 Å². The van der Waals surface area contributed by atoms with Crippen molar-refractivity contribution < 1.29 is 9.90 Å². The minimum absolute atomic E-state index is 0.178. The molecular formula is C15H30N2O2. The number of nitrogens with zero attached hydrogens (tertiary/aromatic N) is 2. The van der Waals surface area contributed by atoms with Crippen LogP contribution in [-0.4, -0.2) is 60.1 Å². The fourth-order valence-electron chi connectivity index (χ4n) is 2.61. The van der Waals surface area contributed by atoms with Crippen molar-refractivity contribution in [3.05, 3.63) is 0 Å². The Hall–Kier alpha value is -0.610. The predicted molar refractivity (Wildman–Crippen MR) is 78.0 cm³/mol. The number of aliphatic hydroxyl groups is 1. The van der Waals surface area contributed by atoms with E-state index in [1.54, 1.807) is 0 Å². The summed E-state index contributed by atoms with van der Waals surface area (Å²) in [6, 6.07) is 0. The second-order valence-electron chi connectivity index (χ2n) is 6.79. The van der Waals surface area contributed by atoms with E-state index < -0.39 is 0 Å². The van der Waals surface area contributed by atoms with Crippen molar-refractivity contribution in [2.75, 3.05) is 39.3 Å². The molecule has 1 N–H and O–H groups in total. The lowest BCUT2D eigenvalue weighted by molar-refractivity contribution is -0.133. The molecule has 1 aliphatic heterocycles. The zero-order valence-corrected chi connectivity index (χ0v) is 12.8. The second-order valence-corrected chi connectivity index (χ2v) is 6.79. The van der Waals surface area contributed by atoms with Gasteiger partial charge in [-0.15, -0.1) is 0 Å². The van der Waals surface area contributed by atoms with Crippen LogP contribution in [0.15, 0.2) is 0 Å². The highest BCUT2D eigenvalue weighted by molar-refractivity contribution is 5.78. The van der Waals surface area contributed by atoms with Crippen LogP contribution in [0.25, 0.3) is 0 Å². The summed E-state index contributed by atoms with van der Waals surface area (Å²) in [7, 11) is 0. The first-order valence-corrected chi connectivity index (χ1v) is 7.53. The van der Waals surface area contributed by atoms with Gasteiger partial charge in [0, 0.05) is 32.8 Å². The fraction of sp³-hybridized carbons (Fsp3) is 0.933. The molecule has 4 heteroatoms. The lowest BCUT2D eigenvalue weighted by Crippen LogP contribution is -2.45. The van der Waals surface area contributed by atoms with Gasteiger partial charge in [-0.25, -0.2) is 0 Å². The van der Waals surface area contributed by atoms with Crippen LogP contribution in [-0.2, 0) is 4.79 Å². The smallest absolute Gasteiger partial charge is 0.236 e. The van der Waals surface area contributed by atoms with Gasteiger partial charge in [0.2, 0.25) is 5.91 Å². The summed E-state index contributed by atoms with van der Waals surface area (Å²) >= 11 is 0. The van der Waals surface area contributed by atoms with Crippen molar-refractivity contribution in [3.8, 4) is 0 Å². The van der Waals surface area contributed by atoms with Gasteiger partial charge in [-0.1, -0.05) is 20.8 Å². The van der Waals surface area contributed by atoms with E-state index in [0.717, 1.165) is 45.4 Å². The highest BCUT2D eigenvalue weighted by Crippen LogP contribution is 2.16. The van der Waals surface area contributed by atoms with Gasteiger partial charge in [-0.3, -0.25) is 9.69 Å². The molecule has 1 rings (SSSR count). The number of carbonyl (C=O) groups is 1. The number of rotatable bonds is 6. The maximum atomic E-state index is 12.3. The van der Waals surface area contributed by atoms with Gasteiger partial charge in [0.25, 0.3) is 0 Å². The van der Waals surface area contributed by atoms with Crippen LogP contribution in [0.5, 0.6) is 0 Å². The first kappa shape index (κ1) is 16.4. The Bertz CT molecular complexity index is 268. The molecule has 1 saturated heterocycles. The molecule has 19 heavy (non-hydrogen) atoms. The minimum Gasteiger partial charge on any atom is -0.396 e. The van der Waals surface area contributed by atoms with Gasteiger partial charge in [0.05, 0.1) is 6.54 Å². The molecule has 4 nitrogen and oxygen atoms in total. The molecule has 1 heterocycles. The average Bonchev–Trinajstić information content (AvgIpc) is 2.35. The van der Waals surface area contributed by atoms with Crippen molar-refractivity contribution in [2.24, 2.45) is 5.41 Å². The van der Waals surface area contributed by atoms with E-state index in [4.69, 9.17) is 5.11 Å². The van der Waals surface area contributed by atoms with E-state index >= 15 is 0 Å². The number of amides is 1. The second kappa shape index (κ2) is 7.85. The summed E-state index contributed by atoms with van der Waals surface area (Å²) in [5.74, 6) is 0.252. The molecule has 0 aliphatic carbocycles. The van der Waals surface area contributed by atoms with Gasteiger partial charge in [-0.2, -0.15) is 0 Å². The van der Waals surface area contributed by atoms with Gasteiger partial charge >= 0.3 is 0 Å². The van der Waals surface area contributed by atoms with Crippen molar-refractivity contribution in [3.63, 3.8) is 0 Å². The van der Waals surface area contributed by atoms with Crippen LogP contribution in [0.1, 0.15) is 46.5 Å². The first-order chi connectivity index (χ1) is 8.92. The summed E-state index contributed by atoms with van der Waals surface area (Å²) in [6.45, 7) is 10.8. The molecule has 1 aliphatic rings. The Morgan fingerprint density at radius 1 is 1.21 bits per heavy atom. The fourth-order valence-corrected chi connectivity index (χ4v) is 2.61. The Kier molecular flexibility index (Phi) is 6.80. The van der Waals surface area contributed by atoms with Crippen LogP contribution < -0.4 is 0 Å². The van der Waals surface area contributed by atoms with Crippen LogP contribution in [0.3, 0.4) is 0 Å². The van der Waals surface area contributed by atoms with Crippen LogP contribution >= 0.6 is 0 Å². The predicted octanol–water partition coefficient (Wildman–Crippen LogP) is 1.73. The lowest BCUT2D eigenvalue weighted by atomic mass is 9.96. The van der Waals surface area contributed by atoms with E-state index in [2.05, 4.69) is 25.7 Å². The third-order valence-corrected chi connectivity index (χ3v) is 3.40. The van der Waals surface area contributed by atoms with E-state index in [0.29, 0.717) is 6.54 Å². The summed E-state index contributed by atoms with van der Waals surface area (Å²) in [4.78, 5) is 16.5. The van der Waals surface area contributed by atoms with Gasteiger partial charge < -0.3 is 10.0 Å². The molecule has 0 atom stereocenters. The molecule has 0 bridgehead atoms. The average molecular weight is 270 g/mol. The SMILES string of the molecule is CC(C)(C)CN(CCCO)CC(=O)N1CCCCC1. The van der Waals surface area contributed by atoms with Crippen molar-refractivity contribution >= 4 is 5.91 Å². The number of aliphatic hydroxyl groups excluding tert-OH is 1. The third kappa shape index (κ3) is 6.92. The molecule has 0 aromatic heterocycles. The third-order valence-electron chi connectivity index (χ3n) is 3.40. The molecule has 0 spiro atoms. The number of piperidine rings is 1. The van der Waals surface area contributed by atoms with Crippen LogP contribution in [0.4, 0.5) is 0 Å². The van der Waals surface area contributed by atoms with E-state index in [1.165, 1.54) is 6.42 Å². The normalized spacial score (nSPS) is 17.0. The van der Waals surface area contributed by atoms with Gasteiger partial charge in [0.1, 0.15) is 0 Å². The monoisotopic (exact) mass is 270 g/mol. The quantitative estimate of drug-likeness (QED) is 0.799. The first-order valence-electron chi connectivity index (χ1n) is 7.53. The summed E-state index contributed by atoms with van der Waals surface area (Å²) in [6.07, 6.45) is 4.27. The Morgan fingerprint density at radius 3 is 2.37 bits per heavy atom. The van der Waals surface area contributed by atoms with Crippen LogP contribution in [0.2, 0.25) is 0 Å². The standard InChI is InChI=1S/C15H30N2O2/c1-15(2,3)13-16(8-7-11-18)12-14(19)17-9-5-4-6-10-17/h18H,4-13H2,1-3H3. The van der Waals surface area contributed by atoms with Crippen molar-refractivity contribution in [2.45, 2.75) is 46.5 Å². The Balaban J connectivity index is 2.47. The molecule has 0 aromatic rings. The molecule has 0 saturated carbocycles. The number of hydrogen-bond acceptors (Lipinski definition) is 3. The topological polar surface area (TPSA) is 43.8 Å². The Labute approximate surface area is 117 Å². The number of carbonyl (C=O) groups excluding carboxylic acids is 1. The van der Waals surface area contributed by atoms with E-state index in [1.807, 2.05) is 4.90 Å². The molecule has 0 aromatic carbocycles. The largest absolute Gasteiger partial charge is 0.396 e. The minimum atomic E-state index is 0.178. The zero-order chi connectivity index (χ0) is 14.3. The maximum Gasteiger partial charge on any atom is 0.236 e. The summed E-state index contributed by atoms with van der Waals surface area (Å²) in [5, 5.41) is 8.97. The highest BCUT2D eigenvalue weighted by atomic mass is 16.3. The molecule has 1 amide bonds. The molecule has 0 unspecified atom stereocenters. The van der Waals surface area contributed by atoms with E-state index in [9.17, 15) is 4.79 Å². The highest BCUT2D eigenvalue weighted by Gasteiger charge is 2.22. The lowest BCUT2D eigenvalue weighted by Gasteiger charge is -2.33. The molecular weight excluding hydrogens is 240 g/mol. The van der Waals surface area contributed by atoms with Gasteiger partial charge in [-0.05, 0) is 31.1 Å². The number of likely N-dealkylation sites (tertiary alicyclic amines) is 1. The molecule has 112 valence electrons. The van der Waals surface area contributed by atoms with Crippen LogP contribution in [0, 0.1) is 5.41 Å². The summed E-state index contributed by atoms with van der Waals surface area (Å²) < 4.78 is 0. The maximum absolute atomic E-state index is 12.3. The van der Waals surface area contributed by atoms with Crippen molar-refractivity contribution in [1.29, 1.82) is 0 Å². The summed E-state index contributed by atoms with van der Waals surface area (Å²) in [5.41, 5.74) is 0.178.